The zero-order valence-corrected chi connectivity index (χ0v) is 11.0. The number of amides is 1. The molecule has 0 spiro atoms. The van der Waals surface area contributed by atoms with E-state index in [2.05, 4.69) is 0 Å². The summed E-state index contributed by atoms with van der Waals surface area (Å²) in [4.78, 5) is 21.8. The molecule has 0 fully saturated rings. The number of rotatable bonds is 8. The molecule has 1 aromatic carbocycles. The third kappa shape index (κ3) is 5.52. The van der Waals surface area contributed by atoms with Crippen LogP contribution in [-0.2, 0) is 16.0 Å². The monoisotopic (exact) mass is 265 g/mol. The molecule has 19 heavy (non-hydrogen) atoms. The molecule has 0 aliphatic heterocycles. The van der Waals surface area contributed by atoms with Crippen molar-refractivity contribution < 1.29 is 19.5 Å². The van der Waals surface area contributed by atoms with Gasteiger partial charge >= 0.3 is 5.91 Å². The highest BCUT2D eigenvalue weighted by Gasteiger charge is 2.11. The van der Waals surface area contributed by atoms with E-state index < -0.39 is 11.7 Å². The predicted octanol–water partition coefficient (Wildman–Crippen LogP) is 1.87. The number of nitrogens with one attached hydrogen (secondary N) is 1. The molecule has 0 heterocycles. The van der Waals surface area contributed by atoms with Crippen LogP contribution >= 0.6 is 0 Å². The molecule has 0 bridgehead atoms. The smallest absolute Gasteiger partial charge is 0.310 e. The second-order valence-corrected chi connectivity index (χ2v) is 4.27. The van der Waals surface area contributed by atoms with Gasteiger partial charge in [-0.2, -0.15) is 0 Å². The van der Waals surface area contributed by atoms with Crippen LogP contribution in [0.15, 0.2) is 24.3 Å². The number of unbranched alkanes of at least 4 members (excludes halogenated alkanes) is 2. The Morgan fingerprint density at radius 1 is 1.16 bits per heavy atom. The molecule has 1 aromatic rings. The number of aryl methyl sites for hydroxylation is 1. The molecule has 1 rings (SSSR count). The molecular formula is C14H19NO4. The second-order valence-electron chi connectivity index (χ2n) is 4.27. The van der Waals surface area contributed by atoms with E-state index in [1.165, 1.54) is 11.0 Å². The number of benzene rings is 1. The summed E-state index contributed by atoms with van der Waals surface area (Å²) in [5.41, 5.74) is 2.56. The van der Waals surface area contributed by atoms with Crippen LogP contribution < -0.4 is 10.2 Å². The van der Waals surface area contributed by atoms with Gasteiger partial charge in [0.25, 0.3) is 0 Å². The van der Waals surface area contributed by atoms with Gasteiger partial charge in [-0.1, -0.05) is 18.6 Å². The maximum absolute atomic E-state index is 11.1. The van der Waals surface area contributed by atoms with E-state index in [1.807, 2.05) is 24.3 Å². The van der Waals surface area contributed by atoms with Crippen LogP contribution in [0.2, 0.25) is 0 Å². The fourth-order valence-corrected chi connectivity index (χ4v) is 1.76. The first-order valence-corrected chi connectivity index (χ1v) is 6.27. The molecule has 2 N–H and O–H groups in total. The minimum Gasteiger partial charge on any atom is -0.497 e. The Bertz CT molecular complexity index is 414. The van der Waals surface area contributed by atoms with E-state index in [0.29, 0.717) is 6.42 Å². The van der Waals surface area contributed by atoms with Crippen molar-refractivity contribution >= 4 is 11.7 Å². The molecule has 104 valence electrons. The number of hydrogen-bond donors (Lipinski definition) is 2. The van der Waals surface area contributed by atoms with E-state index in [-0.39, 0.29) is 6.42 Å². The lowest BCUT2D eigenvalue weighted by Gasteiger charge is -2.03. The standard InChI is InChI=1S/C14H19NO4/c1-19-12-9-7-11(8-10-12)5-3-2-4-6-13(16)14(17)15-18/h7-10,18H,2-6H2,1H3,(H,15,17). The van der Waals surface area contributed by atoms with E-state index >= 15 is 0 Å². The van der Waals surface area contributed by atoms with E-state index in [9.17, 15) is 9.59 Å². The average molecular weight is 265 g/mol. The number of hydrogen-bond acceptors (Lipinski definition) is 4. The predicted molar refractivity (Wildman–Crippen MR) is 70.1 cm³/mol. The maximum Gasteiger partial charge on any atom is 0.310 e. The van der Waals surface area contributed by atoms with Crippen molar-refractivity contribution in [2.45, 2.75) is 32.1 Å². The molecule has 0 aromatic heterocycles. The number of ketones is 1. The summed E-state index contributed by atoms with van der Waals surface area (Å²) in [5.74, 6) is -0.675. The second kappa shape index (κ2) is 8.26. The van der Waals surface area contributed by atoms with Gasteiger partial charge in [-0.05, 0) is 37.0 Å². The van der Waals surface area contributed by atoms with Gasteiger partial charge in [0.05, 0.1) is 7.11 Å². The van der Waals surface area contributed by atoms with Crippen LogP contribution in [0.4, 0.5) is 0 Å². The molecule has 1 amide bonds. The average Bonchev–Trinajstić information content (AvgIpc) is 2.46. The van der Waals surface area contributed by atoms with Gasteiger partial charge in [0.1, 0.15) is 5.75 Å². The van der Waals surface area contributed by atoms with Crippen LogP contribution in [-0.4, -0.2) is 24.0 Å². The molecule has 0 unspecified atom stereocenters. The van der Waals surface area contributed by atoms with Crippen LogP contribution in [0.5, 0.6) is 5.75 Å². The first-order valence-electron chi connectivity index (χ1n) is 6.27. The van der Waals surface area contributed by atoms with Crippen molar-refractivity contribution in [3.63, 3.8) is 0 Å². The number of carbonyl (C=O) groups excluding carboxylic acids is 2. The molecule has 0 saturated heterocycles. The number of methoxy groups -OCH3 is 1. The highest BCUT2D eigenvalue weighted by molar-refractivity contribution is 6.35. The molecular weight excluding hydrogens is 246 g/mol. The lowest BCUT2D eigenvalue weighted by molar-refractivity contribution is -0.143. The summed E-state index contributed by atoms with van der Waals surface area (Å²) in [6.45, 7) is 0. The first kappa shape index (κ1) is 15.2. The number of hydroxylamine groups is 1. The van der Waals surface area contributed by atoms with Gasteiger partial charge in [0.2, 0.25) is 5.78 Å². The van der Waals surface area contributed by atoms with Gasteiger partial charge in [0.15, 0.2) is 0 Å². The Kier molecular flexibility index (Phi) is 6.60. The number of carbonyl (C=O) groups is 2. The largest absolute Gasteiger partial charge is 0.497 e. The van der Waals surface area contributed by atoms with Gasteiger partial charge in [0, 0.05) is 6.42 Å². The van der Waals surface area contributed by atoms with E-state index in [0.717, 1.165) is 25.0 Å². The van der Waals surface area contributed by atoms with Gasteiger partial charge in [-0.3, -0.25) is 14.8 Å². The maximum atomic E-state index is 11.1. The SMILES string of the molecule is COc1ccc(CCCCCC(=O)C(=O)NO)cc1. The minimum atomic E-state index is -0.935. The third-order valence-corrected chi connectivity index (χ3v) is 2.88. The summed E-state index contributed by atoms with van der Waals surface area (Å²) in [6.07, 6.45) is 3.60. The topological polar surface area (TPSA) is 75.6 Å². The Morgan fingerprint density at radius 2 is 1.84 bits per heavy atom. The van der Waals surface area contributed by atoms with Crippen molar-refractivity contribution in [1.82, 2.24) is 5.48 Å². The molecule has 0 atom stereocenters. The Labute approximate surface area is 112 Å². The van der Waals surface area contributed by atoms with Gasteiger partial charge < -0.3 is 4.74 Å². The van der Waals surface area contributed by atoms with Crippen molar-refractivity contribution in [2.75, 3.05) is 7.11 Å². The van der Waals surface area contributed by atoms with Crippen molar-refractivity contribution in [2.24, 2.45) is 0 Å². The number of ether oxygens (including phenoxy) is 1. The third-order valence-electron chi connectivity index (χ3n) is 2.88. The number of Topliss-reactive ketones (excluding diaryl/α,β-unsaturated/α-hetero) is 1. The first-order chi connectivity index (χ1) is 9.17. The van der Waals surface area contributed by atoms with Crippen molar-refractivity contribution in [1.29, 1.82) is 0 Å². The van der Waals surface area contributed by atoms with E-state index in [1.54, 1.807) is 7.11 Å². The molecule has 5 heteroatoms. The highest BCUT2D eigenvalue weighted by Crippen LogP contribution is 2.14. The summed E-state index contributed by atoms with van der Waals surface area (Å²) < 4.78 is 5.08. The Morgan fingerprint density at radius 3 is 2.42 bits per heavy atom. The molecule has 0 radical (unpaired) electrons. The normalized spacial score (nSPS) is 10.0. The van der Waals surface area contributed by atoms with Gasteiger partial charge in [-0.15, -0.1) is 0 Å². The van der Waals surface area contributed by atoms with Crippen LogP contribution in [0.25, 0.3) is 0 Å². The zero-order chi connectivity index (χ0) is 14.1. The van der Waals surface area contributed by atoms with Crippen molar-refractivity contribution in [3.05, 3.63) is 29.8 Å². The Hall–Kier alpha value is -1.88. The fraction of sp³-hybridized carbons (Fsp3) is 0.429. The summed E-state index contributed by atoms with van der Waals surface area (Å²) in [7, 11) is 1.63. The Balaban J connectivity index is 2.16. The molecule has 0 saturated carbocycles. The molecule has 0 aliphatic rings. The van der Waals surface area contributed by atoms with Gasteiger partial charge in [-0.25, -0.2) is 5.48 Å². The van der Waals surface area contributed by atoms with Crippen LogP contribution in [0.3, 0.4) is 0 Å². The lowest BCUT2D eigenvalue weighted by atomic mass is 10.0. The van der Waals surface area contributed by atoms with Crippen LogP contribution in [0.1, 0.15) is 31.2 Å². The zero-order valence-electron chi connectivity index (χ0n) is 11.0. The van der Waals surface area contributed by atoms with Crippen LogP contribution in [0, 0.1) is 0 Å². The fourth-order valence-electron chi connectivity index (χ4n) is 1.76. The lowest BCUT2D eigenvalue weighted by Crippen LogP contribution is -2.27. The van der Waals surface area contributed by atoms with Crippen molar-refractivity contribution in [3.8, 4) is 5.75 Å². The van der Waals surface area contributed by atoms with E-state index in [4.69, 9.17) is 9.94 Å². The highest BCUT2D eigenvalue weighted by atomic mass is 16.5. The summed E-state index contributed by atoms with van der Waals surface area (Å²) >= 11 is 0. The molecule has 5 nitrogen and oxygen atoms in total. The quantitative estimate of drug-likeness (QED) is 0.325. The molecule has 0 aliphatic carbocycles. The summed E-state index contributed by atoms with van der Waals surface area (Å²) in [5, 5.41) is 8.27. The summed E-state index contributed by atoms with van der Waals surface area (Å²) in [6, 6.07) is 7.88. The minimum absolute atomic E-state index is 0.176.